The molecule has 0 bridgehead atoms. The molecule has 2 nitrogen and oxygen atoms in total. The van der Waals surface area contributed by atoms with Gasteiger partial charge in [0.1, 0.15) is 5.58 Å². The van der Waals surface area contributed by atoms with E-state index in [9.17, 15) is 0 Å². The van der Waals surface area contributed by atoms with Gasteiger partial charge < -0.3 is 9.32 Å². The predicted octanol–water partition coefficient (Wildman–Crippen LogP) is 16.3. The van der Waals surface area contributed by atoms with Gasteiger partial charge >= 0.3 is 0 Å². The molecule has 0 fully saturated rings. The molecule has 1 aromatic heterocycles. The van der Waals surface area contributed by atoms with E-state index in [1.165, 1.54) is 66.8 Å². The number of anilines is 3. The number of hydrogen-bond acceptors (Lipinski definition) is 2. The zero-order valence-electron chi connectivity index (χ0n) is 36.2. The van der Waals surface area contributed by atoms with Crippen molar-refractivity contribution < 1.29 is 4.42 Å². The maximum atomic E-state index is 6.04. The molecule has 11 aromatic rings. The fraction of sp³-hybridized carbons (Fsp3) is 0.0312. The van der Waals surface area contributed by atoms with Gasteiger partial charge in [-0.1, -0.05) is 218 Å². The van der Waals surface area contributed by atoms with Crippen molar-refractivity contribution in [2.24, 2.45) is 0 Å². The van der Waals surface area contributed by atoms with Crippen molar-refractivity contribution in [3.8, 4) is 33.4 Å². The van der Waals surface area contributed by atoms with E-state index in [1.54, 1.807) is 6.26 Å². The first-order valence-electron chi connectivity index (χ1n) is 22.8. The summed E-state index contributed by atoms with van der Waals surface area (Å²) in [5.41, 5.74) is 20.4. The number of hydrogen-bond donors (Lipinski definition) is 0. The van der Waals surface area contributed by atoms with E-state index >= 15 is 0 Å². The standard InChI is InChI=1S/C64H43NO/c1-5-20-46(21-6-1)63(47-22-7-2-8-23-47)56-31-15-13-28-53(56)55-43-51(39-40-58(55)63)65(50-37-35-44(36-38-50)52-30-17-19-45-41-42-66-62(45)52)60-34-18-33-59-61(60)54-29-14-16-32-57(54)64(59,48-24-9-3-10-25-48)49-26-11-4-12-27-49/h1-43H. The minimum absolute atomic E-state index is 0.496. The zero-order chi connectivity index (χ0) is 43.7. The van der Waals surface area contributed by atoms with Gasteiger partial charge in [-0.25, -0.2) is 0 Å². The SMILES string of the molecule is c1ccc(C2(c3ccccc3)c3ccccc3-c3cc(N(c4ccc(-c5cccc6ccoc56)cc4)c4cccc5c4-c4ccccc4C5(c4ccccc4)c4ccccc4)ccc32)cc1. The minimum atomic E-state index is -0.538. The van der Waals surface area contributed by atoms with Gasteiger partial charge in [-0.05, 0) is 103 Å². The molecule has 310 valence electrons. The summed E-state index contributed by atoms with van der Waals surface area (Å²) >= 11 is 0. The molecule has 0 saturated heterocycles. The smallest absolute Gasteiger partial charge is 0.141 e. The van der Waals surface area contributed by atoms with E-state index in [2.05, 4.69) is 254 Å². The predicted molar refractivity (Wildman–Crippen MR) is 271 cm³/mol. The van der Waals surface area contributed by atoms with Crippen LogP contribution >= 0.6 is 0 Å². The Labute approximate surface area is 385 Å². The number of fused-ring (bicyclic) bond motifs is 7. The van der Waals surface area contributed by atoms with Crippen molar-refractivity contribution in [1.29, 1.82) is 0 Å². The molecule has 2 aliphatic carbocycles. The third-order valence-corrected chi connectivity index (χ3v) is 14.3. The second-order valence-corrected chi connectivity index (χ2v) is 17.5. The van der Waals surface area contributed by atoms with Crippen LogP contribution in [0.3, 0.4) is 0 Å². The minimum Gasteiger partial charge on any atom is -0.464 e. The Morgan fingerprint density at radius 2 is 0.788 bits per heavy atom. The van der Waals surface area contributed by atoms with Crippen LogP contribution in [0.15, 0.2) is 265 Å². The van der Waals surface area contributed by atoms with Gasteiger partial charge in [0, 0.05) is 27.9 Å². The summed E-state index contributed by atoms with van der Waals surface area (Å²) in [6.45, 7) is 0. The number of rotatable bonds is 8. The summed E-state index contributed by atoms with van der Waals surface area (Å²) in [7, 11) is 0. The van der Waals surface area contributed by atoms with Gasteiger partial charge in [-0.15, -0.1) is 0 Å². The van der Waals surface area contributed by atoms with E-state index in [0.29, 0.717) is 0 Å². The van der Waals surface area contributed by atoms with Crippen LogP contribution in [0.1, 0.15) is 44.5 Å². The number of para-hydroxylation sites is 1. The summed E-state index contributed by atoms with van der Waals surface area (Å²) in [6.07, 6.45) is 1.78. The molecular weight excluding hydrogens is 799 g/mol. The van der Waals surface area contributed by atoms with Crippen LogP contribution < -0.4 is 4.90 Å². The number of benzene rings is 10. The highest BCUT2D eigenvalue weighted by Gasteiger charge is 2.48. The lowest BCUT2D eigenvalue weighted by molar-refractivity contribution is 0.617. The van der Waals surface area contributed by atoms with Crippen LogP contribution in [0, 0.1) is 0 Å². The molecule has 0 spiro atoms. The monoisotopic (exact) mass is 841 g/mol. The highest BCUT2D eigenvalue weighted by Crippen LogP contribution is 2.61. The van der Waals surface area contributed by atoms with Crippen LogP contribution in [-0.4, -0.2) is 0 Å². The van der Waals surface area contributed by atoms with Crippen LogP contribution in [0.2, 0.25) is 0 Å². The van der Waals surface area contributed by atoms with E-state index in [1.807, 2.05) is 6.07 Å². The lowest BCUT2D eigenvalue weighted by Crippen LogP contribution is -2.28. The van der Waals surface area contributed by atoms with Crippen molar-refractivity contribution in [2.75, 3.05) is 4.90 Å². The topological polar surface area (TPSA) is 16.4 Å². The van der Waals surface area contributed by atoms with Crippen molar-refractivity contribution >= 4 is 28.0 Å². The molecule has 0 radical (unpaired) electrons. The second kappa shape index (κ2) is 15.1. The zero-order valence-corrected chi connectivity index (χ0v) is 36.2. The molecule has 0 N–H and O–H groups in total. The van der Waals surface area contributed by atoms with Crippen molar-refractivity contribution in [3.05, 3.63) is 306 Å². The Morgan fingerprint density at radius 1 is 0.318 bits per heavy atom. The van der Waals surface area contributed by atoms with Gasteiger partial charge in [0.2, 0.25) is 0 Å². The average molecular weight is 842 g/mol. The Morgan fingerprint density at radius 3 is 1.41 bits per heavy atom. The fourth-order valence-corrected chi connectivity index (χ4v) is 11.7. The average Bonchev–Trinajstić information content (AvgIpc) is 4.09. The summed E-state index contributed by atoms with van der Waals surface area (Å²) in [4.78, 5) is 2.49. The quantitative estimate of drug-likeness (QED) is 0.152. The third kappa shape index (κ3) is 5.42. The van der Waals surface area contributed by atoms with Gasteiger partial charge in [0.05, 0.1) is 22.8 Å². The van der Waals surface area contributed by atoms with Crippen molar-refractivity contribution in [1.82, 2.24) is 0 Å². The first kappa shape index (κ1) is 38.0. The Balaban J connectivity index is 1.08. The molecule has 10 aromatic carbocycles. The van der Waals surface area contributed by atoms with Gasteiger partial charge in [-0.3, -0.25) is 0 Å². The first-order valence-corrected chi connectivity index (χ1v) is 22.8. The maximum absolute atomic E-state index is 6.04. The lowest BCUT2D eigenvalue weighted by Gasteiger charge is -2.35. The van der Waals surface area contributed by atoms with Gasteiger partial charge in [-0.2, -0.15) is 0 Å². The number of furan rings is 1. The Hall–Kier alpha value is -8.46. The second-order valence-electron chi connectivity index (χ2n) is 17.5. The molecule has 66 heavy (non-hydrogen) atoms. The maximum Gasteiger partial charge on any atom is 0.141 e. The molecule has 0 atom stereocenters. The molecular formula is C64H43NO. The van der Waals surface area contributed by atoms with Crippen LogP contribution in [-0.2, 0) is 10.8 Å². The van der Waals surface area contributed by atoms with Crippen molar-refractivity contribution in [2.45, 2.75) is 10.8 Å². The summed E-state index contributed by atoms with van der Waals surface area (Å²) < 4.78 is 6.04. The Kier molecular flexibility index (Phi) is 8.69. The summed E-state index contributed by atoms with van der Waals surface area (Å²) in [5.74, 6) is 0. The van der Waals surface area contributed by atoms with E-state index < -0.39 is 10.8 Å². The van der Waals surface area contributed by atoms with Crippen LogP contribution in [0.25, 0.3) is 44.3 Å². The lowest BCUT2D eigenvalue weighted by atomic mass is 9.67. The molecule has 0 saturated carbocycles. The van der Waals surface area contributed by atoms with Gasteiger partial charge in [0.25, 0.3) is 0 Å². The summed E-state index contributed by atoms with van der Waals surface area (Å²) in [5, 5.41) is 1.09. The summed E-state index contributed by atoms with van der Waals surface area (Å²) in [6, 6.07) is 93.9. The first-order chi connectivity index (χ1) is 32.8. The van der Waals surface area contributed by atoms with Crippen molar-refractivity contribution in [3.63, 3.8) is 0 Å². The molecule has 0 amide bonds. The molecule has 0 unspecified atom stereocenters. The normalized spacial score (nSPS) is 13.7. The van der Waals surface area contributed by atoms with E-state index in [4.69, 9.17) is 4.42 Å². The van der Waals surface area contributed by atoms with Crippen LogP contribution in [0.4, 0.5) is 17.1 Å². The molecule has 13 rings (SSSR count). The molecule has 2 aliphatic rings. The van der Waals surface area contributed by atoms with Gasteiger partial charge in [0.15, 0.2) is 0 Å². The molecule has 0 aliphatic heterocycles. The van der Waals surface area contributed by atoms with E-state index in [0.717, 1.165) is 39.2 Å². The third-order valence-electron chi connectivity index (χ3n) is 14.3. The largest absolute Gasteiger partial charge is 0.464 e. The fourth-order valence-electron chi connectivity index (χ4n) is 11.7. The highest BCUT2D eigenvalue weighted by molar-refractivity contribution is 5.99. The highest BCUT2D eigenvalue weighted by atomic mass is 16.3. The molecule has 2 heteroatoms. The molecule has 1 heterocycles. The number of nitrogens with zero attached hydrogens (tertiary/aromatic N) is 1. The van der Waals surface area contributed by atoms with Crippen LogP contribution in [0.5, 0.6) is 0 Å². The van der Waals surface area contributed by atoms with E-state index in [-0.39, 0.29) is 0 Å². The Bertz CT molecular complexity index is 3490.